The van der Waals surface area contributed by atoms with E-state index in [1.165, 1.54) is 17.3 Å². The Labute approximate surface area is 201 Å². The Morgan fingerprint density at radius 2 is 1.91 bits per heavy atom. The molecule has 1 saturated heterocycles. The Hall–Kier alpha value is -3.31. The van der Waals surface area contributed by atoms with E-state index in [2.05, 4.69) is 26.5 Å². The minimum atomic E-state index is 0.0819. The molecule has 2 aliphatic rings. The highest BCUT2D eigenvalue weighted by molar-refractivity contribution is 7.99. The molecule has 0 N–H and O–H groups in total. The molecule has 3 aromatic rings. The summed E-state index contributed by atoms with van der Waals surface area (Å²) in [5.74, 6) is 2.62. The molecule has 0 aliphatic carbocycles. The summed E-state index contributed by atoms with van der Waals surface area (Å²) in [4.78, 5) is 17.1. The van der Waals surface area contributed by atoms with E-state index in [0.717, 1.165) is 42.4 Å². The van der Waals surface area contributed by atoms with E-state index in [-0.39, 0.29) is 18.5 Å². The number of fused-ring (bicyclic) bond motifs is 1. The molecule has 0 spiro atoms. The number of carbonyl (C=O) groups is 1. The summed E-state index contributed by atoms with van der Waals surface area (Å²) in [6.45, 7) is 6.13. The number of hydrogen-bond donors (Lipinski definition) is 0. The predicted molar refractivity (Wildman–Crippen MR) is 126 cm³/mol. The molecule has 11 heteroatoms. The van der Waals surface area contributed by atoms with E-state index >= 15 is 0 Å². The first kappa shape index (κ1) is 22.5. The van der Waals surface area contributed by atoms with Crippen LogP contribution in [0.25, 0.3) is 5.69 Å². The number of benzene rings is 2. The molecule has 10 nitrogen and oxygen atoms in total. The summed E-state index contributed by atoms with van der Waals surface area (Å²) in [6, 6.07) is 11.9. The zero-order valence-corrected chi connectivity index (χ0v) is 20.0. The van der Waals surface area contributed by atoms with Crippen LogP contribution >= 0.6 is 11.8 Å². The molecular weight excluding hydrogens is 456 g/mol. The lowest BCUT2D eigenvalue weighted by Crippen LogP contribution is -2.48. The van der Waals surface area contributed by atoms with Crippen molar-refractivity contribution in [2.24, 2.45) is 0 Å². The number of aromatic nitrogens is 4. The van der Waals surface area contributed by atoms with Crippen molar-refractivity contribution in [3.05, 3.63) is 47.5 Å². The Morgan fingerprint density at radius 1 is 1.09 bits per heavy atom. The minimum absolute atomic E-state index is 0.0819. The minimum Gasteiger partial charge on any atom is -0.494 e. The Kier molecular flexibility index (Phi) is 6.54. The van der Waals surface area contributed by atoms with E-state index in [1.54, 1.807) is 11.8 Å². The van der Waals surface area contributed by atoms with Crippen molar-refractivity contribution in [1.29, 1.82) is 0 Å². The monoisotopic (exact) mass is 482 g/mol. The van der Waals surface area contributed by atoms with E-state index < -0.39 is 0 Å². The maximum absolute atomic E-state index is 12.9. The van der Waals surface area contributed by atoms with Crippen molar-refractivity contribution in [3.8, 4) is 22.9 Å². The van der Waals surface area contributed by atoms with Crippen molar-refractivity contribution in [2.75, 3.05) is 45.8 Å². The van der Waals surface area contributed by atoms with Gasteiger partial charge < -0.3 is 19.1 Å². The van der Waals surface area contributed by atoms with Gasteiger partial charge in [0.2, 0.25) is 17.9 Å². The number of carbonyl (C=O) groups excluding carboxylic acids is 1. The number of thioether (sulfide) groups is 1. The Balaban J connectivity index is 1.14. The zero-order valence-electron chi connectivity index (χ0n) is 19.1. The van der Waals surface area contributed by atoms with Crippen LogP contribution in [0.2, 0.25) is 0 Å². The second-order valence-electron chi connectivity index (χ2n) is 8.18. The van der Waals surface area contributed by atoms with Gasteiger partial charge in [-0.05, 0) is 52.7 Å². The number of tetrazole rings is 1. The molecule has 5 rings (SSSR count). The van der Waals surface area contributed by atoms with E-state index in [4.69, 9.17) is 14.2 Å². The molecule has 2 aliphatic heterocycles. The lowest BCUT2D eigenvalue weighted by atomic mass is 10.1. The first-order valence-electron chi connectivity index (χ1n) is 11.1. The normalized spacial score (nSPS) is 15.5. The molecule has 0 saturated carbocycles. The van der Waals surface area contributed by atoms with Crippen molar-refractivity contribution < 1.29 is 19.0 Å². The molecule has 0 unspecified atom stereocenters. The molecule has 1 aromatic heterocycles. The van der Waals surface area contributed by atoms with Crippen LogP contribution < -0.4 is 14.2 Å². The number of aryl methyl sites for hydroxylation is 1. The quantitative estimate of drug-likeness (QED) is 0.470. The Morgan fingerprint density at radius 3 is 2.74 bits per heavy atom. The number of amides is 1. The molecule has 1 fully saturated rings. The van der Waals surface area contributed by atoms with Gasteiger partial charge in [-0.2, -0.15) is 4.68 Å². The third-order valence-corrected chi connectivity index (χ3v) is 6.80. The number of methoxy groups -OCH3 is 1. The average molecular weight is 483 g/mol. The summed E-state index contributed by atoms with van der Waals surface area (Å²) in [7, 11) is 1.61. The maximum atomic E-state index is 12.9. The van der Waals surface area contributed by atoms with Crippen LogP contribution in [0.4, 0.5) is 0 Å². The third kappa shape index (κ3) is 4.80. The van der Waals surface area contributed by atoms with Crippen LogP contribution in [0.5, 0.6) is 17.2 Å². The van der Waals surface area contributed by atoms with Gasteiger partial charge in [0.05, 0.1) is 12.9 Å². The first-order chi connectivity index (χ1) is 16.6. The number of piperazine rings is 1. The lowest BCUT2D eigenvalue weighted by Gasteiger charge is -2.34. The van der Waals surface area contributed by atoms with Crippen molar-refractivity contribution in [3.63, 3.8) is 0 Å². The lowest BCUT2D eigenvalue weighted by molar-refractivity contribution is -0.130. The van der Waals surface area contributed by atoms with Crippen LogP contribution in [0.3, 0.4) is 0 Å². The number of ether oxygens (including phenoxy) is 3. The standard InChI is InChI=1S/C23H26N6O4S/c1-16-3-5-19(31-2)18(11-16)29-23(24-25-26-29)34-14-22(30)28-9-7-27(8-10-28)13-17-4-6-20-21(12-17)33-15-32-20/h3-6,11-12H,7-10,13-15H2,1-2H3. The average Bonchev–Trinajstić information content (AvgIpc) is 3.52. The van der Waals surface area contributed by atoms with Crippen molar-refractivity contribution in [1.82, 2.24) is 30.0 Å². The SMILES string of the molecule is COc1ccc(C)cc1-n1nnnc1SCC(=O)N1CCN(Cc2ccc3c(c2)OCO3)CC1. The molecule has 1 amide bonds. The van der Waals surface area contributed by atoms with Crippen LogP contribution in [-0.4, -0.2) is 81.7 Å². The number of nitrogens with zero attached hydrogens (tertiary/aromatic N) is 6. The van der Waals surface area contributed by atoms with Crippen LogP contribution in [0, 0.1) is 6.92 Å². The number of rotatable bonds is 7. The van der Waals surface area contributed by atoms with Gasteiger partial charge in [0.15, 0.2) is 11.5 Å². The fourth-order valence-corrected chi connectivity index (χ4v) is 4.84. The summed E-state index contributed by atoms with van der Waals surface area (Å²) < 4.78 is 17.9. The van der Waals surface area contributed by atoms with E-state index in [0.29, 0.717) is 24.0 Å². The molecule has 3 heterocycles. The summed E-state index contributed by atoms with van der Waals surface area (Å²) in [5.41, 5.74) is 2.99. The van der Waals surface area contributed by atoms with Gasteiger partial charge in [-0.1, -0.05) is 23.9 Å². The smallest absolute Gasteiger partial charge is 0.233 e. The third-order valence-electron chi connectivity index (χ3n) is 5.90. The first-order valence-corrected chi connectivity index (χ1v) is 12.0. The molecule has 0 atom stereocenters. The fourth-order valence-electron chi connectivity index (χ4n) is 4.06. The predicted octanol–water partition coefficient (Wildman–Crippen LogP) is 2.14. The van der Waals surface area contributed by atoms with E-state index in [1.807, 2.05) is 42.2 Å². The number of hydrogen-bond acceptors (Lipinski definition) is 9. The maximum Gasteiger partial charge on any atom is 0.233 e. The second kappa shape index (κ2) is 9.90. The molecule has 34 heavy (non-hydrogen) atoms. The highest BCUT2D eigenvalue weighted by atomic mass is 32.2. The Bertz CT molecular complexity index is 1180. The van der Waals surface area contributed by atoms with Crippen molar-refractivity contribution >= 4 is 17.7 Å². The van der Waals surface area contributed by atoms with Gasteiger partial charge in [-0.25, -0.2) is 0 Å². The van der Waals surface area contributed by atoms with Gasteiger partial charge in [0, 0.05) is 32.7 Å². The highest BCUT2D eigenvalue weighted by Crippen LogP contribution is 2.33. The van der Waals surface area contributed by atoms with Gasteiger partial charge in [-0.3, -0.25) is 9.69 Å². The molecule has 0 bridgehead atoms. The van der Waals surface area contributed by atoms with Gasteiger partial charge >= 0.3 is 0 Å². The zero-order chi connectivity index (χ0) is 23.5. The van der Waals surface area contributed by atoms with Crippen LogP contribution in [0.1, 0.15) is 11.1 Å². The van der Waals surface area contributed by atoms with Gasteiger partial charge in [-0.15, -0.1) is 5.10 Å². The molecule has 178 valence electrons. The fraction of sp³-hybridized carbons (Fsp3) is 0.391. The van der Waals surface area contributed by atoms with Crippen molar-refractivity contribution in [2.45, 2.75) is 18.6 Å². The van der Waals surface area contributed by atoms with Gasteiger partial charge in [0.1, 0.15) is 11.4 Å². The molecule has 0 radical (unpaired) electrons. The summed E-state index contributed by atoms with van der Waals surface area (Å²) in [6.07, 6.45) is 0. The molecular formula is C23H26N6O4S. The highest BCUT2D eigenvalue weighted by Gasteiger charge is 2.23. The second-order valence-corrected chi connectivity index (χ2v) is 9.12. The summed E-state index contributed by atoms with van der Waals surface area (Å²) in [5, 5.41) is 12.6. The van der Waals surface area contributed by atoms with Gasteiger partial charge in [0.25, 0.3) is 0 Å². The topological polar surface area (TPSA) is 94.8 Å². The summed E-state index contributed by atoms with van der Waals surface area (Å²) >= 11 is 1.33. The van der Waals surface area contributed by atoms with E-state index in [9.17, 15) is 4.79 Å². The van der Waals surface area contributed by atoms with Crippen LogP contribution in [0.15, 0.2) is 41.6 Å². The van der Waals surface area contributed by atoms with Crippen LogP contribution in [-0.2, 0) is 11.3 Å². The largest absolute Gasteiger partial charge is 0.494 e. The molecule has 2 aromatic carbocycles.